The van der Waals surface area contributed by atoms with Crippen LogP contribution in [0.1, 0.15) is 6.92 Å². The third-order valence-corrected chi connectivity index (χ3v) is 5.11. The molecule has 1 amide bonds. The smallest absolute Gasteiger partial charge is 0.264 e. The summed E-state index contributed by atoms with van der Waals surface area (Å²) < 4.78 is 5.87. The lowest BCUT2D eigenvalue weighted by Crippen LogP contribution is -2.54. The Bertz CT molecular complexity index is 530. The zero-order valence-electron chi connectivity index (χ0n) is 12.8. The number of carbonyl (C=O) groups is 1. The van der Waals surface area contributed by atoms with Crippen molar-refractivity contribution in [1.82, 2.24) is 9.80 Å². The molecule has 2 aliphatic heterocycles. The van der Waals surface area contributed by atoms with Gasteiger partial charge in [-0.2, -0.15) is 0 Å². The third kappa shape index (κ3) is 3.56. The van der Waals surface area contributed by atoms with Crippen molar-refractivity contribution < 1.29 is 14.6 Å². The molecular weight excluding hydrogens is 300 g/mol. The van der Waals surface area contributed by atoms with Crippen LogP contribution in [0.3, 0.4) is 0 Å². The molecule has 1 saturated heterocycles. The molecule has 1 fully saturated rings. The van der Waals surface area contributed by atoms with Gasteiger partial charge in [0.2, 0.25) is 0 Å². The minimum Gasteiger partial charge on any atom is -0.479 e. The van der Waals surface area contributed by atoms with E-state index in [-0.39, 0.29) is 18.1 Å². The largest absolute Gasteiger partial charge is 0.479 e. The van der Waals surface area contributed by atoms with E-state index >= 15 is 0 Å². The second kappa shape index (κ2) is 6.89. The highest BCUT2D eigenvalue weighted by Gasteiger charge is 2.32. The fraction of sp³-hybridized carbons (Fsp3) is 0.562. The van der Waals surface area contributed by atoms with E-state index in [1.54, 1.807) is 18.7 Å². The van der Waals surface area contributed by atoms with Crippen molar-refractivity contribution in [2.75, 3.05) is 38.5 Å². The SMILES string of the molecule is CC(O)CN1CCN(C(=O)C2CSc3ccccc3O2)CC1. The van der Waals surface area contributed by atoms with Crippen LogP contribution in [-0.4, -0.2) is 71.5 Å². The van der Waals surface area contributed by atoms with E-state index in [1.807, 2.05) is 29.2 Å². The van der Waals surface area contributed by atoms with Crippen molar-refractivity contribution in [2.24, 2.45) is 0 Å². The number of β-amino-alcohol motifs (C(OH)–C–C–N with tert-alkyl or cyclic N) is 1. The molecule has 0 aliphatic carbocycles. The standard InChI is InChI=1S/C16H22N2O3S/c1-12(19)10-17-6-8-18(9-7-17)16(20)14-11-22-15-5-3-2-4-13(15)21-14/h2-5,12,14,19H,6-11H2,1H3. The molecule has 1 aromatic rings. The maximum Gasteiger partial charge on any atom is 0.264 e. The first-order chi connectivity index (χ1) is 10.6. The molecule has 2 atom stereocenters. The number of thioether (sulfide) groups is 1. The first kappa shape index (κ1) is 15.6. The van der Waals surface area contributed by atoms with E-state index in [4.69, 9.17) is 4.74 Å². The molecule has 2 unspecified atom stereocenters. The number of aliphatic hydroxyl groups is 1. The number of piperazine rings is 1. The third-order valence-electron chi connectivity index (χ3n) is 3.99. The normalized spacial score (nSPS) is 23.5. The Morgan fingerprint density at radius 1 is 1.36 bits per heavy atom. The number of benzene rings is 1. The number of carbonyl (C=O) groups excluding carboxylic acids is 1. The molecule has 120 valence electrons. The number of para-hydroxylation sites is 1. The van der Waals surface area contributed by atoms with Gasteiger partial charge in [0, 0.05) is 43.4 Å². The number of aliphatic hydroxyl groups excluding tert-OH is 1. The second-order valence-electron chi connectivity index (χ2n) is 5.84. The van der Waals surface area contributed by atoms with Gasteiger partial charge in [0.15, 0.2) is 6.10 Å². The molecular formula is C16H22N2O3S. The van der Waals surface area contributed by atoms with Gasteiger partial charge in [-0.1, -0.05) is 12.1 Å². The first-order valence-corrected chi connectivity index (χ1v) is 8.70. The number of fused-ring (bicyclic) bond motifs is 1. The Morgan fingerprint density at radius 2 is 2.09 bits per heavy atom. The van der Waals surface area contributed by atoms with Crippen LogP contribution in [0.5, 0.6) is 5.75 Å². The summed E-state index contributed by atoms with van der Waals surface area (Å²) in [7, 11) is 0. The van der Waals surface area contributed by atoms with Crippen LogP contribution in [0.4, 0.5) is 0 Å². The molecule has 6 heteroatoms. The minimum atomic E-state index is -0.386. The summed E-state index contributed by atoms with van der Waals surface area (Å²) in [6.07, 6.45) is -0.708. The second-order valence-corrected chi connectivity index (χ2v) is 6.90. The maximum atomic E-state index is 12.6. The van der Waals surface area contributed by atoms with Gasteiger partial charge < -0.3 is 14.7 Å². The Balaban J connectivity index is 1.55. The summed E-state index contributed by atoms with van der Waals surface area (Å²) in [5.74, 6) is 1.56. The van der Waals surface area contributed by atoms with Crippen molar-refractivity contribution in [3.05, 3.63) is 24.3 Å². The van der Waals surface area contributed by atoms with E-state index in [2.05, 4.69) is 4.90 Å². The average Bonchev–Trinajstić information content (AvgIpc) is 2.54. The highest BCUT2D eigenvalue weighted by molar-refractivity contribution is 7.99. The molecule has 0 radical (unpaired) electrons. The van der Waals surface area contributed by atoms with Crippen LogP contribution in [0.25, 0.3) is 0 Å². The lowest BCUT2D eigenvalue weighted by Gasteiger charge is -2.37. The van der Waals surface area contributed by atoms with Crippen LogP contribution >= 0.6 is 11.8 Å². The number of nitrogens with zero attached hydrogens (tertiary/aromatic N) is 2. The lowest BCUT2D eigenvalue weighted by atomic mass is 10.2. The van der Waals surface area contributed by atoms with E-state index in [0.717, 1.165) is 23.7 Å². The summed E-state index contributed by atoms with van der Waals surface area (Å²) in [5, 5.41) is 9.43. The fourth-order valence-electron chi connectivity index (χ4n) is 2.87. The molecule has 3 rings (SSSR count). The monoisotopic (exact) mass is 322 g/mol. The predicted molar refractivity (Wildman–Crippen MR) is 86.3 cm³/mol. The summed E-state index contributed by atoms with van der Waals surface area (Å²) in [6.45, 7) is 5.50. The van der Waals surface area contributed by atoms with Crippen molar-refractivity contribution >= 4 is 17.7 Å². The van der Waals surface area contributed by atoms with Gasteiger partial charge in [0.05, 0.1) is 6.10 Å². The van der Waals surface area contributed by atoms with Gasteiger partial charge >= 0.3 is 0 Å². The minimum absolute atomic E-state index is 0.0821. The summed E-state index contributed by atoms with van der Waals surface area (Å²) in [6, 6.07) is 7.86. The van der Waals surface area contributed by atoms with Crippen molar-refractivity contribution in [3.63, 3.8) is 0 Å². The Labute approximate surface area is 135 Å². The Hall–Kier alpha value is -1.24. The van der Waals surface area contributed by atoms with Crippen molar-refractivity contribution in [1.29, 1.82) is 0 Å². The van der Waals surface area contributed by atoms with Crippen LogP contribution in [-0.2, 0) is 4.79 Å². The zero-order chi connectivity index (χ0) is 15.5. The van der Waals surface area contributed by atoms with Crippen LogP contribution in [0.2, 0.25) is 0 Å². The lowest BCUT2D eigenvalue weighted by molar-refractivity contribution is -0.139. The quantitative estimate of drug-likeness (QED) is 0.902. The van der Waals surface area contributed by atoms with Crippen molar-refractivity contribution in [2.45, 2.75) is 24.0 Å². The van der Waals surface area contributed by atoms with Crippen molar-refractivity contribution in [3.8, 4) is 5.75 Å². The molecule has 22 heavy (non-hydrogen) atoms. The number of rotatable bonds is 3. The first-order valence-electron chi connectivity index (χ1n) is 7.71. The van der Waals surface area contributed by atoms with Crippen LogP contribution < -0.4 is 4.74 Å². The number of hydrogen-bond donors (Lipinski definition) is 1. The maximum absolute atomic E-state index is 12.6. The van der Waals surface area contributed by atoms with E-state index in [1.165, 1.54) is 0 Å². The Kier molecular flexibility index (Phi) is 4.90. The summed E-state index contributed by atoms with van der Waals surface area (Å²) in [5.41, 5.74) is 0. The molecule has 5 nitrogen and oxygen atoms in total. The van der Waals surface area contributed by atoms with Crippen LogP contribution in [0.15, 0.2) is 29.2 Å². The number of hydrogen-bond acceptors (Lipinski definition) is 5. The molecule has 2 aliphatic rings. The summed E-state index contributed by atoms with van der Waals surface area (Å²) in [4.78, 5) is 17.8. The zero-order valence-corrected chi connectivity index (χ0v) is 13.6. The van der Waals surface area contributed by atoms with Gasteiger partial charge in [-0.05, 0) is 19.1 Å². The molecule has 1 N–H and O–H groups in total. The topological polar surface area (TPSA) is 53.0 Å². The Morgan fingerprint density at radius 3 is 2.82 bits per heavy atom. The molecule has 0 bridgehead atoms. The molecule has 0 saturated carbocycles. The van der Waals surface area contributed by atoms with E-state index < -0.39 is 0 Å². The highest BCUT2D eigenvalue weighted by atomic mass is 32.2. The number of amides is 1. The molecule has 0 aromatic heterocycles. The van der Waals surface area contributed by atoms with Gasteiger partial charge in [-0.15, -0.1) is 11.8 Å². The molecule has 2 heterocycles. The summed E-state index contributed by atoms with van der Waals surface area (Å²) >= 11 is 1.68. The van der Waals surface area contributed by atoms with Gasteiger partial charge in [0.1, 0.15) is 5.75 Å². The van der Waals surface area contributed by atoms with Gasteiger partial charge in [-0.3, -0.25) is 9.69 Å². The van der Waals surface area contributed by atoms with E-state index in [9.17, 15) is 9.90 Å². The molecule has 1 aromatic carbocycles. The van der Waals surface area contributed by atoms with Crippen LogP contribution in [0, 0.1) is 0 Å². The highest BCUT2D eigenvalue weighted by Crippen LogP contribution is 2.35. The fourth-order valence-corrected chi connectivity index (χ4v) is 3.84. The van der Waals surface area contributed by atoms with E-state index in [0.29, 0.717) is 25.4 Å². The average molecular weight is 322 g/mol. The number of ether oxygens (including phenoxy) is 1. The predicted octanol–water partition coefficient (Wildman–Crippen LogP) is 1.06. The molecule has 0 spiro atoms. The van der Waals surface area contributed by atoms with Gasteiger partial charge in [-0.25, -0.2) is 0 Å². The van der Waals surface area contributed by atoms with Gasteiger partial charge in [0.25, 0.3) is 5.91 Å².